The number of ketones is 1. The second-order valence-corrected chi connectivity index (χ2v) is 5.59. The van der Waals surface area contributed by atoms with E-state index in [0.717, 1.165) is 19.6 Å². The van der Waals surface area contributed by atoms with Crippen molar-refractivity contribution >= 4 is 39.7 Å². The molecule has 1 heterocycles. The van der Waals surface area contributed by atoms with Crippen molar-refractivity contribution in [3.8, 4) is 0 Å². The molecule has 0 spiro atoms. The molecule has 0 fully saturated rings. The lowest BCUT2D eigenvalue weighted by molar-refractivity contribution is 0.103. The zero-order valence-electron chi connectivity index (χ0n) is 8.16. The summed E-state index contributed by atoms with van der Waals surface area (Å²) in [7, 11) is 0. The Morgan fingerprint density at radius 1 is 1.20 bits per heavy atom. The van der Waals surface area contributed by atoms with E-state index in [4.69, 9.17) is 0 Å². The molecule has 0 N–H and O–H groups in total. The maximum atomic E-state index is 12.0. The molecule has 0 atom stereocenters. The van der Waals surface area contributed by atoms with E-state index in [0.29, 0.717) is 0 Å². The monoisotopic (exact) mass is 328 g/mol. The molecule has 0 aliphatic heterocycles. The van der Waals surface area contributed by atoms with Gasteiger partial charge in [-0.3, -0.25) is 4.79 Å². The van der Waals surface area contributed by atoms with Crippen LogP contribution in [0.25, 0.3) is 0 Å². The highest BCUT2D eigenvalue weighted by Gasteiger charge is 2.11. The van der Waals surface area contributed by atoms with Gasteiger partial charge in [0.1, 0.15) is 0 Å². The molecular formula is C12H9IOS. The molecule has 0 aliphatic carbocycles. The Morgan fingerprint density at radius 3 is 2.40 bits per heavy atom. The van der Waals surface area contributed by atoms with E-state index in [-0.39, 0.29) is 5.78 Å². The first kappa shape index (κ1) is 10.8. The van der Waals surface area contributed by atoms with Crippen LogP contribution in [-0.4, -0.2) is 5.78 Å². The largest absolute Gasteiger partial charge is 0.289 e. The summed E-state index contributed by atoms with van der Waals surface area (Å²) < 4.78 is 1.14. The summed E-state index contributed by atoms with van der Waals surface area (Å²) in [5, 5.41) is 1.95. The third-order valence-corrected chi connectivity index (χ3v) is 3.77. The molecule has 0 radical (unpaired) electrons. The van der Waals surface area contributed by atoms with Crippen LogP contribution in [0.5, 0.6) is 0 Å². The number of halogens is 1. The molecule has 1 aromatic heterocycles. The number of carbonyl (C=O) groups excluding carboxylic acids is 1. The van der Waals surface area contributed by atoms with Gasteiger partial charge in [0.25, 0.3) is 0 Å². The molecule has 0 aliphatic rings. The molecule has 3 heteroatoms. The van der Waals surface area contributed by atoms with Crippen molar-refractivity contribution in [1.82, 2.24) is 0 Å². The predicted octanol–water partition coefficient (Wildman–Crippen LogP) is 3.89. The van der Waals surface area contributed by atoms with E-state index in [1.807, 2.05) is 42.6 Å². The third-order valence-electron chi connectivity index (χ3n) is 2.21. The quantitative estimate of drug-likeness (QED) is 0.604. The first-order chi connectivity index (χ1) is 7.18. The fourth-order valence-corrected chi connectivity index (χ4v) is 2.43. The van der Waals surface area contributed by atoms with Crippen LogP contribution in [0, 0.1) is 10.5 Å². The van der Waals surface area contributed by atoms with E-state index in [1.54, 1.807) is 11.3 Å². The summed E-state index contributed by atoms with van der Waals surface area (Å²) in [5.74, 6) is 0.116. The minimum Gasteiger partial charge on any atom is -0.289 e. The standard InChI is InChI=1S/C12H9IOS/c1-8-11(6-7-15-8)12(14)9-2-4-10(13)5-3-9/h2-7H,1H3. The Kier molecular flexibility index (Phi) is 3.21. The molecule has 2 rings (SSSR count). The number of hydrogen-bond donors (Lipinski definition) is 0. The number of rotatable bonds is 2. The van der Waals surface area contributed by atoms with Crippen LogP contribution in [0.1, 0.15) is 20.8 Å². The molecule has 0 saturated heterocycles. The van der Waals surface area contributed by atoms with Gasteiger partial charge in [0.2, 0.25) is 0 Å². The van der Waals surface area contributed by atoms with Gasteiger partial charge in [-0.1, -0.05) is 0 Å². The van der Waals surface area contributed by atoms with Crippen LogP contribution in [-0.2, 0) is 0 Å². The summed E-state index contributed by atoms with van der Waals surface area (Å²) in [6.07, 6.45) is 0. The minimum absolute atomic E-state index is 0.116. The lowest BCUT2D eigenvalue weighted by Crippen LogP contribution is -2.00. The third kappa shape index (κ3) is 2.29. The summed E-state index contributed by atoms with van der Waals surface area (Å²) in [6, 6.07) is 9.55. The highest BCUT2D eigenvalue weighted by Crippen LogP contribution is 2.19. The number of aryl methyl sites for hydroxylation is 1. The number of thiophene rings is 1. The Hall–Kier alpha value is -0.680. The van der Waals surface area contributed by atoms with Crippen LogP contribution in [0.3, 0.4) is 0 Å². The Bertz CT molecular complexity index is 485. The van der Waals surface area contributed by atoms with Crippen molar-refractivity contribution in [2.24, 2.45) is 0 Å². The SMILES string of the molecule is Cc1sccc1C(=O)c1ccc(I)cc1. The molecule has 1 nitrogen and oxygen atoms in total. The summed E-state index contributed by atoms with van der Waals surface area (Å²) in [6.45, 7) is 1.98. The van der Waals surface area contributed by atoms with Gasteiger partial charge in [-0.25, -0.2) is 0 Å². The molecule has 1 aromatic carbocycles. The zero-order chi connectivity index (χ0) is 10.8. The van der Waals surface area contributed by atoms with Crippen molar-refractivity contribution in [2.45, 2.75) is 6.92 Å². The van der Waals surface area contributed by atoms with Gasteiger partial charge in [0.15, 0.2) is 5.78 Å². The highest BCUT2D eigenvalue weighted by molar-refractivity contribution is 14.1. The van der Waals surface area contributed by atoms with Crippen molar-refractivity contribution < 1.29 is 4.79 Å². The molecule has 0 amide bonds. The second kappa shape index (κ2) is 4.45. The van der Waals surface area contributed by atoms with E-state index in [2.05, 4.69) is 22.6 Å². The van der Waals surface area contributed by atoms with Gasteiger partial charge < -0.3 is 0 Å². The summed E-state index contributed by atoms with van der Waals surface area (Å²) in [4.78, 5) is 13.1. The average molecular weight is 328 g/mol. The van der Waals surface area contributed by atoms with Crippen molar-refractivity contribution in [3.05, 3.63) is 55.3 Å². The fraction of sp³-hybridized carbons (Fsp3) is 0.0833. The molecule has 15 heavy (non-hydrogen) atoms. The number of carbonyl (C=O) groups is 1. The van der Waals surface area contributed by atoms with Crippen molar-refractivity contribution in [1.29, 1.82) is 0 Å². The lowest BCUT2D eigenvalue weighted by Gasteiger charge is -2.00. The molecule has 0 saturated carbocycles. The Balaban J connectivity index is 2.37. The van der Waals surface area contributed by atoms with Crippen LogP contribution in [0.15, 0.2) is 35.7 Å². The maximum absolute atomic E-state index is 12.0. The fourth-order valence-electron chi connectivity index (χ4n) is 1.38. The smallest absolute Gasteiger partial charge is 0.194 e. The highest BCUT2D eigenvalue weighted by atomic mass is 127. The topological polar surface area (TPSA) is 17.1 Å². The van der Waals surface area contributed by atoms with Gasteiger partial charge in [-0.05, 0) is 65.2 Å². The van der Waals surface area contributed by atoms with Crippen LogP contribution >= 0.6 is 33.9 Å². The Morgan fingerprint density at radius 2 is 1.87 bits per heavy atom. The molecule has 0 unspecified atom stereocenters. The van der Waals surface area contributed by atoms with Gasteiger partial charge in [-0.15, -0.1) is 11.3 Å². The lowest BCUT2D eigenvalue weighted by atomic mass is 10.0. The summed E-state index contributed by atoms with van der Waals surface area (Å²) >= 11 is 3.84. The predicted molar refractivity (Wildman–Crippen MR) is 71.6 cm³/mol. The molecule has 0 bridgehead atoms. The molecular weight excluding hydrogens is 319 g/mol. The second-order valence-electron chi connectivity index (χ2n) is 3.23. The number of benzene rings is 1. The van der Waals surface area contributed by atoms with Gasteiger partial charge in [0, 0.05) is 19.6 Å². The minimum atomic E-state index is 0.116. The van der Waals surface area contributed by atoms with Crippen LogP contribution in [0.4, 0.5) is 0 Å². The summed E-state index contributed by atoms with van der Waals surface area (Å²) in [5.41, 5.74) is 1.58. The Labute approximate surface area is 106 Å². The first-order valence-corrected chi connectivity index (χ1v) is 6.48. The maximum Gasteiger partial charge on any atom is 0.194 e. The van der Waals surface area contributed by atoms with Gasteiger partial charge in [0.05, 0.1) is 0 Å². The number of hydrogen-bond acceptors (Lipinski definition) is 2. The molecule has 2 aromatic rings. The zero-order valence-corrected chi connectivity index (χ0v) is 11.1. The van der Waals surface area contributed by atoms with Gasteiger partial charge in [-0.2, -0.15) is 0 Å². The van der Waals surface area contributed by atoms with E-state index in [1.165, 1.54) is 0 Å². The van der Waals surface area contributed by atoms with Gasteiger partial charge >= 0.3 is 0 Å². The first-order valence-electron chi connectivity index (χ1n) is 4.53. The van der Waals surface area contributed by atoms with Crippen LogP contribution in [0.2, 0.25) is 0 Å². The van der Waals surface area contributed by atoms with E-state index < -0.39 is 0 Å². The normalized spacial score (nSPS) is 10.3. The van der Waals surface area contributed by atoms with Crippen LogP contribution < -0.4 is 0 Å². The molecule has 76 valence electrons. The van der Waals surface area contributed by atoms with Crippen molar-refractivity contribution in [3.63, 3.8) is 0 Å². The van der Waals surface area contributed by atoms with E-state index >= 15 is 0 Å². The van der Waals surface area contributed by atoms with E-state index in [9.17, 15) is 4.79 Å². The average Bonchev–Trinajstić information content (AvgIpc) is 2.65. The van der Waals surface area contributed by atoms with Crippen molar-refractivity contribution in [2.75, 3.05) is 0 Å².